The molecular weight excluding hydrogens is 414 g/mol. The lowest BCUT2D eigenvalue weighted by atomic mass is 9.84. The van der Waals surface area contributed by atoms with Crippen molar-refractivity contribution in [1.29, 1.82) is 5.26 Å². The third-order valence-electron chi connectivity index (χ3n) is 4.81. The number of aromatic nitrogens is 3. The van der Waals surface area contributed by atoms with Crippen molar-refractivity contribution in [2.75, 3.05) is 6.61 Å². The predicted molar refractivity (Wildman–Crippen MR) is 116 cm³/mol. The lowest BCUT2D eigenvalue weighted by Gasteiger charge is -2.24. The number of nitriles is 1. The zero-order valence-electron chi connectivity index (χ0n) is 16.5. The number of pyridine rings is 2. The molecular formula is C22H17N5O3S. The van der Waals surface area contributed by atoms with Crippen LogP contribution < -0.4 is 20.5 Å². The summed E-state index contributed by atoms with van der Waals surface area (Å²) in [7, 11) is 0. The lowest BCUT2D eigenvalue weighted by Crippen LogP contribution is -2.40. The molecule has 0 aromatic carbocycles. The number of rotatable bonds is 4. The van der Waals surface area contributed by atoms with Crippen molar-refractivity contribution in [3.63, 3.8) is 0 Å². The van der Waals surface area contributed by atoms with E-state index in [0.29, 0.717) is 14.8 Å². The van der Waals surface area contributed by atoms with Crippen molar-refractivity contribution in [1.82, 2.24) is 14.5 Å². The van der Waals surface area contributed by atoms with Gasteiger partial charge in [0.15, 0.2) is 0 Å². The average Bonchev–Trinajstić information content (AvgIpc) is 3.11. The van der Waals surface area contributed by atoms with Gasteiger partial charge in [0.2, 0.25) is 0 Å². The maximum atomic E-state index is 13.2. The van der Waals surface area contributed by atoms with Crippen molar-refractivity contribution in [2.45, 2.75) is 12.8 Å². The van der Waals surface area contributed by atoms with Gasteiger partial charge < -0.3 is 10.5 Å². The quantitative estimate of drug-likeness (QED) is 0.603. The minimum atomic E-state index is -0.765. The summed E-state index contributed by atoms with van der Waals surface area (Å²) in [6, 6.07) is 9.13. The van der Waals surface area contributed by atoms with Gasteiger partial charge in [0.1, 0.15) is 10.5 Å². The van der Waals surface area contributed by atoms with Crippen LogP contribution in [0.1, 0.15) is 24.0 Å². The molecule has 3 aromatic rings. The molecule has 0 saturated heterocycles. The molecule has 3 aromatic heterocycles. The molecule has 0 unspecified atom stereocenters. The summed E-state index contributed by atoms with van der Waals surface area (Å²) in [5.41, 5.74) is 7.71. The van der Waals surface area contributed by atoms with Crippen LogP contribution in [0.3, 0.4) is 0 Å². The number of esters is 1. The fraction of sp³-hybridized carbons (Fsp3) is 0.136. The van der Waals surface area contributed by atoms with Gasteiger partial charge in [-0.1, -0.05) is 0 Å². The molecule has 154 valence electrons. The molecule has 0 fully saturated rings. The summed E-state index contributed by atoms with van der Waals surface area (Å²) in [6.45, 7) is 1.81. The van der Waals surface area contributed by atoms with Gasteiger partial charge in [0.25, 0.3) is 5.56 Å². The van der Waals surface area contributed by atoms with Gasteiger partial charge in [-0.05, 0) is 48.4 Å². The Bertz CT molecular complexity index is 1400. The van der Waals surface area contributed by atoms with E-state index in [2.05, 4.69) is 16.0 Å². The molecule has 1 atom stereocenters. The number of thiazole rings is 1. The minimum Gasteiger partial charge on any atom is -0.463 e. The first kappa shape index (κ1) is 20.3. The highest BCUT2D eigenvalue weighted by atomic mass is 32.1. The number of carbonyl (C=O) groups excluding carboxylic acids is 1. The number of nitrogens with two attached hydrogens (primary N) is 1. The second kappa shape index (κ2) is 8.38. The lowest BCUT2D eigenvalue weighted by molar-refractivity contribution is -0.138. The molecule has 0 spiro atoms. The summed E-state index contributed by atoms with van der Waals surface area (Å²) >= 11 is 1.15. The van der Waals surface area contributed by atoms with E-state index < -0.39 is 17.4 Å². The second-order valence-corrected chi connectivity index (χ2v) is 7.63. The van der Waals surface area contributed by atoms with Crippen molar-refractivity contribution < 1.29 is 9.53 Å². The summed E-state index contributed by atoms with van der Waals surface area (Å²) in [4.78, 5) is 34.0. The third-order valence-corrected chi connectivity index (χ3v) is 5.92. The third kappa shape index (κ3) is 3.53. The highest BCUT2D eigenvalue weighted by Gasteiger charge is 2.36. The number of nitrogens with zero attached hydrogens (tertiary/aromatic N) is 4. The molecule has 0 amide bonds. The molecule has 31 heavy (non-hydrogen) atoms. The molecule has 8 nitrogen and oxygen atoms in total. The van der Waals surface area contributed by atoms with Gasteiger partial charge in [-0.3, -0.25) is 19.3 Å². The molecule has 1 aliphatic heterocycles. The Balaban J connectivity index is 2.07. The SMILES string of the molecule is CCOC(=O)C1=C(N)n2c(s/c(=C\c3ccncc3)c2=O)=C(C#N)[C@H]1c1ccncc1. The van der Waals surface area contributed by atoms with E-state index in [1.807, 2.05) is 0 Å². The first-order chi connectivity index (χ1) is 15.1. The summed E-state index contributed by atoms with van der Waals surface area (Å²) < 4.78 is 7.21. The molecule has 4 rings (SSSR count). The summed E-state index contributed by atoms with van der Waals surface area (Å²) in [6.07, 6.45) is 8.09. The maximum Gasteiger partial charge on any atom is 0.338 e. The van der Waals surface area contributed by atoms with E-state index in [1.54, 1.807) is 62.1 Å². The number of hydrogen-bond acceptors (Lipinski definition) is 8. The Morgan fingerprint density at radius 1 is 1.26 bits per heavy atom. The van der Waals surface area contributed by atoms with Crippen LogP contribution in [0.4, 0.5) is 0 Å². The molecule has 2 N–H and O–H groups in total. The molecule has 4 heterocycles. The van der Waals surface area contributed by atoms with Crippen LogP contribution in [0, 0.1) is 11.3 Å². The van der Waals surface area contributed by atoms with E-state index in [4.69, 9.17) is 10.5 Å². The van der Waals surface area contributed by atoms with Crippen LogP contribution in [-0.2, 0) is 9.53 Å². The van der Waals surface area contributed by atoms with Gasteiger partial charge in [0.05, 0.1) is 34.3 Å². The van der Waals surface area contributed by atoms with E-state index in [0.717, 1.165) is 16.9 Å². The number of ether oxygens (including phenoxy) is 1. The smallest absolute Gasteiger partial charge is 0.338 e. The van der Waals surface area contributed by atoms with Gasteiger partial charge in [-0.25, -0.2) is 4.79 Å². The summed E-state index contributed by atoms with van der Waals surface area (Å²) in [5.74, 6) is -1.47. The van der Waals surface area contributed by atoms with Crippen molar-refractivity contribution in [3.05, 3.63) is 85.3 Å². The highest BCUT2D eigenvalue weighted by Crippen LogP contribution is 2.36. The number of carbonyl (C=O) groups is 1. The zero-order valence-corrected chi connectivity index (χ0v) is 17.3. The average molecular weight is 431 g/mol. The van der Waals surface area contributed by atoms with Crippen LogP contribution >= 0.6 is 11.3 Å². The Morgan fingerprint density at radius 2 is 1.90 bits per heavy atom. The van der Waals surface area contributed by atoms with Crippen molar-refractivity contribution in [2.24, 2.45) is 5.73 Å². The van der Waals surface area contributed by atoms with E-state index in [-0.39, 0.29) is 23.6 Å². The molecule has 9 heteroatoms. The number of fused-ring (bicyclic) bond motifs is 1. The standard InChI is InChI=1S/C22H17N5O3S/c1-2-30-22(29)18-17(14-5-9-26-10-6-14)15(12-23)21-27(19(18)24)20(28)16(31-21)11-13-3-7-25-8-4-13/h3-11,17H,2,24H2,1H3/b16-11-/t17-/m1/s1. The Morgan fingerprint density at radius 3 is 2.52 bits per heavy atom. The second-order valence-electron chi connectivity index (χ2n) is 6.60. The van der Waals surface area contributed by atoms with Crippen LogP contribution in [0.25, 0.3) is 17.5 Å². The zero-order chi connectivity index (χ0) is 22.0. The van der Waals surface area contributed by atoms with Gasteiger partial charge in [0, 0.05) is 24.8 Å². The maximum absolute atomic E-state index is 13.2. The van der Waals surface area contributed by atoms with Gasteiger partial charge in [-0.15, -0.1) is 11.3 Å². The van der Waals surface area contributed by atoms with E-state index in [1.165, 1.54) is 4.57 Å². The van der Waals surface area contributed by atoms with Crippen molar-refractivity contribution in [3.8, 4) is 6.07 Å². The van der Waals surface area contributed by atoms with E-state index >= 15 is 0 Å². The molecule has 0 saturated carbocycles. The van der Waals surface area contributed by atoms with Crippen molar-refractivity contribution >= 4 is 34.8 Å². The Hall–Kier alpha value is -4.03. The molecule has 1 aliphatic rings. The molecule has 0 radical (unpaired) electrons. The van der Waals surface area contributed by atoms with Crippen LogP contribution in [0.2, 0.25) is 0 Å². The first-order valence-electron chi connectivity index (χ1n) is 9.41. The predicted octanol–water partition coefficient (Wildman–Crippen LogP) is 0.691. The molecule has 0 bridgehead atoms. The highest BCUT2D eigenvalue weighted by molar-refractivity contribution is 7.07. The summed E-state index contributed by atoms with van der Waals surface area (Å²) in [5, 5.41) is 10.0. The molecule has 0 aliphatic carbocycles. The van der Waals surface area contributed by atoms with Crippen LogP contribution in [0.5, 0.6) is 0 Å². The fourth-order valence-corrected chi connectivity index (χ4v) is 4.59. The van der Waals surface area contributed by atoms with Crippen LogP contribution in [0.15, 0.2) is 59.4 Å². The topological polar surface area (TPSA) is 124 Å². The first-order valence-corrected chi connectivity index (χ1v) is 10.2. The number of hydrogen-bond donors (Lipinski definition) is 1. The monoisotopic (exact) mass is 431 g/mol. The van der Waals surface area contributed by atoms with Gasteiger partial charge in [-0.2, -0.15) is 5.26 Å². The fourth-order valence-electron chi connectivity index (χ4n) is 3.46. The van der Waals surface area contributed by atoms with E-state index in [9.17, 15) is 14.9 Å². The largest absolute Gasteiger partial charge is 0.463 e. The van der Waals surface area contributed by atoms with Crippen LogP contribution in [-0.4, -0.2) is 27.1 Å². The Kier molecular flexibility index (Phi) is 5.47. The minimum absolute atomic E-state index is 0.0371. The van der Waals surface area contributed by atoms with Gasteiger partial charge >= 0.3 is 5.97 Å². The Labute approximate surface area is 180 Å². The normalized spacial score (nSPS) is 16.1.